The highest BCUT2D eigenvalue weighted by Crippen LogP contribution is 2.21. The number of carbonyl (C=O) groups is 1. The molecule has 0 radical (unpaired) electrons. The van der Waals surface area contributed by atoms with Crippen molar-refractivity contribution in [2.24, 2.45) is 0 Å². The van der Waals surface area contributed by atoms with E-state index in [1.165, 1.54) is 31.4 Å². The minimum atomic E-state index is -4.01. The lowest BCUT2D eigenvalue weighted by atomic mass is 10.2. The Labute approximate surface area is 161 Å². The first-order chi connectivity index (χ1) is 13.2. The van der Waals surface area contributed by atoms with Crippen molar-refractivity contribution in [2.75, 3.05) is 25.5 Å². The van der Waals surface area contributed by atoms with Crippen LogP contribution in [0.1, 0.15) is 13.3 Å². The van der Waals surface area contributed by atoms with Gasteiger partial charge in [-0.05, 0) is 42.8 Å². The molecule has 0 saturated heterocycles. The molecule has 0 aliphatic rings. The molecule has 0 unspecified atom stereocenters. The smallest absolute Gasteiger partial charge is 0.243 e. The molecule has 1 amide bonds. The van der Waals surface area contributed by atoms with E-state index in [1.807, 2.05) is 0 Å². The molecule has 0 aliphatic carbocycles. The quantitative estimate of drug-likeness (QED) is 0.671. The van der Waals surface area contributed by atoms with Crippen molar-refractivity contribution in [1.82, 2.24) is 4.31 Å². The van der Waals surface area contributed by atoms with Crippen LogP contribution in [0.25, 0.3) is 0 Å². The molecule has 28 heavy (non-hydrogen) atoms. The third-order valence-electron chi connectivity index (χ3n) is 3.80. The van der Waals surface area contributed by atoms with Crippen molar-refractivity contribution in [3.05, 3.63) is 53.8 Å². The van der Waals surface area contributed by atoms with Gasteiger partial charge in [-0.2, -0.15) is 4.31 Å². The number of hydrogen-bond acceptors (Lipinski definition) is 4. The van der Waals surface area contributed by atoms with Crippen molar-refractivity contribution >= 4 is 21.6 Å². The van der Waals surface area contributed by atoms with E-state index in [-0.39, 0.29) is 11.4 Å². The van der Waals surface area contributed by atoms with Gasteiger partial charge in [-0.15, -0.1) is 0 Å². The van der Waals surface area contributed by atoms with Crippen LogP contribution in [0.3, 0.4) is 0 Å². The van der Waals surface area contributed by atoms with E-state index in [4.69, 9.17) is 4.74 Å². The minimum absolute atomic E-state index is 0.0298. The number of benzene rings is 2. The highest BCUT2D eigenvalue weighted by molar-refractivity contribution is 7.89. The van der Waals surface area contributed by atoms with E-state index in [9.17, 15) is 26.4 Å². The molecular formula is C18H19F3N2O4S. The Morgan fingerprint density at radius 3 is 2.29 bits per heavy atom. The van der Waals surface area contributed by atoms with Gasteiger partial charge in [-0.1, -0.05) is 6.92 Å². The summed E-state index contributed by atoms with van der Waals surface area (Å²) in [7, 11) is -2.57. The molecule has 0 aromatic heterocycles. The lowest BCUT2D eigenvalue weighted by Gasteiger charge is -2.21. The van der Waals surface area contributed by atoms with Crippen LogP contribution in [0.2, 0.25) is 0 Å². The van der Waals surface area contributed by atoms with Crippen LogP contribution in [0.4, 0.5) is 18.9 Å². The average Bonchev–Trinajstić information content (AvgIpc) is 2.68. The van der Waals surface area contributed by atoms with Gasteiger partial charge in [-0.25, -0.2) is 21.6 Å². The molecule has 2 aromatic carbocycles. The van der Waals surface area contributed by atoms with Gasteiger partial charge in [0.2, 0.25) is 15.9 Å². The number of amides is 1. The maximum atomic E-state index is 13.7. The number of nitrogens with one attached hydrogen (secondary N) is 1. The summed E-state index contributed by atoms with van der Waals surface area (Å²) in [6.45, 7) is 1.13. The molecule has 0 atom stereocenters. The Balaban J connectivity index is 2.21. The lowest BCUT2D eigenvalue weighted by molar-refractivity contribution is -0.116. The fourth-order valence-electron chi connectivity index (χ4n) is 2.40. The summed E-state index contributed by atoms with van der Waals surface area (Å²) in [5.74, 6) is -5.12. The third kappa shape index (κ3) is 4.82. The minimum Gasteiger partial charge on any atom is -0.497 e. The van der Waals surface area contributed by atoms with E-state index < -0.39 is 45.6 Å². The van der Waals surface area contributed by atoms with Gasteiger partial charge in [0.25, 0.3) is 0 Å². The number of sulfonamides is 1. The summed E-state index contributed by atoms with van der Waals surface area (Å²) in [6.07, 6.45) is 0.419. The zero-order valence-corrected chi connectivity index (χ0v) is 16.0. The van der Waals surface area contributed by atoms with Crippen molar-refractivity contribution in [1.29, 1.82) is 0 Å². The first-order valence-electron chi connectivity index (χ1n) is 8.28. The Morgan fingerprint density at radius 1 is 1.07 bits per heavy atom. The predicted octanol–water partition coefficient (Wildman–Crippen LogP) is 3.15. The molecule has 0 heterocycles. The van der Waals surface area contributed by atoms with Crippen molar-refractivity contribution in [3.63, 3.8) is 0 Å². The number of rotatable bonds is 8. The molecule has 0 spiro atoms. The maximum Gasteiger partial charge on any atom is 0.243 e. The van der Waals surface area contributed by atoms with Crippen LogP contribution < -0.4 is 10.1 Å². The Kier molecular flexibility index (Phi) is 7.03. The zero-order valence-electron chi connectivity index (χ0n) is 15.2. The van der Waals surface area contributed by atoms with Gasteiger partial charge in [0.1, 0.15) is 5.75 Å². The molecule has 2 rings (SSSR count). The first kappa shape index (κ1) is 21.7. The summed E-state index contributed by atoms with van der Waals surface area (Å²) >= 11 is 0. The molecule has 6 nitrogen and oxygen atoms in total. The third-order valence-corrected chi connectivity index (χ3v) is 5.66. The second kappa shape index (κ2) is 9.07. The Bertz CT molecular complexity index is 950. The number of methoxy groups -OCH3 is 1. The monoisotopic (exact) mass is 416 g/mol. The summed E-state index contributed by atoms with van der Waals surface area (Å²) in [4.78, 5) is 12.2. The second-order valence-electron chi connectivity index (χ2n) is 5.79. The highest BCUT2D eigenvalue weighted by Gasteiger charge is 2.26. The second-order valence-corrected chi connectivity index (χ2v) is 7.72. The van der Waals surface area contributed by atoms with Crippen molar-refractivity contribution in [2.45, 2.75) is 18.2 Å². The van der Waals surface area contributed by atoms with Gasteiger partial charge in [0, 0.05) is 6.54 Å². The van der Waals surface area contributed by atoms with Crippen LogP contribution >= 0.6 is 0 Å². The summed E-state index contributed by atoms with van der Waals surface area (Å²) in [5.41, 5.74) is -0.581. The molecule has 0 aliphatic heterocycles. The Hall–Kier alpha value is -2.59. The van der Waals surface area contributed by atoms with Gasteiger partial charge in [0.15, 0.2) is 17.5 Å². The number of ether oxygens (including phenoxy) is 1. The van der Waals surface area contributed by atoms with E-state index in [0.29, 0.717) is 18.2 Å². The van der Waals surface area contributed by atoms with Crippen LogP contribution in [-0.2, 0) is 14.8 Å². The normalized spacial score (nSPS) is 11.5. The van der Waals surface area contributed by atoms with Crippen molar-refractivity contribution in [3.8, 4) is 5.75 Å². The molecule has 1 N–H and O–H groups in total. The van der Waals surface area contributed by atoms with E-state index in [2.05, 4.69) is 5.32 Å². The van der Waals surface area contributed by atoms with Crippen LogP contribution in [0.15, 0.2) is 41.3 Å². The van der Waals surface area contributed by atoms with E-state index >= 15 is 0 Å². The number of anilines is 1. The van der Waals surface area contributed by atoms with Gasteiger partial charge in [0.05, 0.1) is 24.2 Å². The van der Waals surface area contributed by atoms with Crippen LogP contribution in [0.5, 0.6) is 5.75 Å². The molecule has 0 bridgehead atoms. The van der Waals surface area contributed by atoms with Crippen LogP contribution in [0, 0.1) is 17.5 Å². The van der Waals surface area contributed by atoms with E-state index in [1.54, 1.807) is 6.92 Å². The van der Waals surface area contributed by atoms with Crippen molar-refractivity contribution < 1.29 is 31.1 Å². The standard InChI is InChI=1S/C18H19F3N2O4S/c1-3-10-23(28(25,26)13-6-4-12(27-2)5-7-13)11-16(24)22-15-9-8-14(19)17(20)18(15)21/h4-9H,3,10-11H2,1-2H3,(H,22,24). The maximum absolute atomic E-state index is 13.7. The fourth-order valence-corrected chi connectivity index (χ4v) is 3.89. The van der Waals surface area contributed by atoms with Gasteiger partial charge in [-0.3, -0.25) is 4.79 Å². The molecule has 2 aromatic rings. The summed E-state index contributed by atoms with van der Waals surface area (Å²) < 4.78 is 71.5. The number of nitrogens with zero attached hydrogens (tertiary/aromatic N) is 1. The largest absolute Gasteiger partial charge is 0.497 e. The number of hydrogen-bond donors (Lipinski definition) is 1. The average molecular weight is 416 g/mol. The van der Waals surface area contributed by atoms with Crippen LogP contribution in [-0.4, -0.2) is 38.8 Å². The molecule has 152 valence electrons. The number of carbonyl (C=O) groups excluding carboxylic acids is 1. The zero-order chi connectivity index (χ0) is 20.9. The Morgan fingerprint density at radius 2 is 1.71 bits per heavy atom. The molecule has 10 heteroatoms. The lowest BCUT2D eigenvalue weighted by Crippen LogP contribution is -2.38. The molecule has 0 fully saturated rings. The molecular weight excluding hydrogens is 397 g/mol. The fraction of sp³-hybridized carbons (Fsp3) is 0.278. The SMILES string of the molecule is CCCN(CC(=O)Nc1ccc(F)c(F)c1F)S(=O)(=O)c1ccc(OC)cc1. The van der Waals surface area contributed by atoms with E-state index in [0.717, 1.165) is 10.4 Å². The summed E-state index contributed by atoms with van der Waals surface area (Å²) in [5, 5.41) is 2.06. The predicted molar refractivity (Wildman–Crippen MR) is 97.0 cm³/mol. The topological polar surface area (TPSA) is 75.7 Å². The summed E-state index contributed by atoms with van der Waals surface area (Å²) in [6, 6.07) is 7.12. The molecule has 0 saturated carbocycles. The number of halogens is 3. The van der Waals surface area contributed by atoms with Gasteiger partial charge >= 0.3 is 0 Å². The first-order valence-corrected chi connectivity index (χ1v) is 9.72. The van der Waals surface area contributed by atoms with Gasteiger partial charge < -0.3 is 10.1 Å². The highest BCUT2D eigenvalue weighted by atomic mass is 32.2.